The molecule has 10 nitrogen and oxygen atoms in total. The Hall–Kier alpha value is -3.01. The van der Waals surface area contributed by atoms with Gasteiger partial charge in [0.2, 0.25) is 5.82 Å². The van der Waals surface area contributed by atoms with Crippen molar-refractivity contribution in [2.24, 2.45) is 0 Å². The molecular formula is C10H5ClN6O4. The largest absolute Gasteiger partial charge is 0.506 e. The molecule has 2 aromatic heterocycles. The number of hydrogen-bond acceptors (Lipinski definition) is 7. The van der Waals surface area contributed by atoms with Gasteiger partial charge in [0.15, 0.2) is 0 Å². The van der Waals surface area contributed by atoms with Crippen LogP contribution in [0.15, 0.2) is 16.9 Å². The van der Waals surface area contributed by atoms with Gasteiger partial charge in [-0.25, -0.2) is 0 Å². The van der Waals surface area contributed by atoms with Crippen molar-refractivity contribution < 1.29 is 10.0 Å². The number of H-pyrrole nitrogens is 2. The summed E-state index contributed by atoms with van der Waals surface area (Å²) < 4.78 is 0. The molecule has 0 saturated heterocycles. The van der Waals surface area contributed by atoms with E-state index < -0.39 is 21.9 Å². The van der Waals surface area contributed by atoms with Crippen LogP contribution in [0.2, 0.25) is 5.02 Å². The molecule has 0 aliphatic carbocycles. The number of nitrogens with one attached hydrogen (secondary N) is 2. The number of aromatic nitrogens is 5. The van der Waals surface area contributed by atoms with Crippen molar-refractivity contribution in [3.05, 3.63) is 37.6 Å². The monoisotopic (exact) mass is 308 g/mol. The summed E-state index contributed by atoms with van der Waals surface area (Å²) in [5, 5.41) is 33.6. The maximum atomic E-state index is 12.0. The smallest absolute Gasteiger partial charge is 0.288 e. The van der Waals surface area contributed by atoms with Crippen LogP contribution in [0.3, 0.4) is 0 Å². The van der Waals surface area contributed by atoms with Gasteiger partial charge in [0.1, 0.15) is 16.3 Å². The fourth-order valence-electron chi connectivity index (χ4n) is 1.90. The highest BCUT2D eigenvalue weighted by Crippen LogP contribution is 2.35. The molecule has 0 bridgehead atoms. The first kappa shape index (κ1) is 13.0. The molecule has 0 aliphatic rings. The summed E-state index contributed by atoms with van der Waals surface area (Å²) in [4.78, 5) is 24.6. The Morgan fingerprint density at radius 3 is 2.76 bits per heavy atom. The van der Waals surface area contributed by atoms with E-state index in [0.717, 1.165) is 6.07 Å². The summed E-state index contributed by atoms with van der Waals surface area (Å²) in [5.74, 6) is -0.622. The number of pyridine rings is 1. The zero-order valence-corrected chi connectivity index (χ0v) is 10.7. The number of aromatic amines is 2. The van der Waals surface area contributed by atoms with E-state index in [1.807, 2.05) is 0 Å². The van der Waals surface area contributed by atoms with E-state index in [1.54, 1.807) is 0 Å². The number of nitrogens with zero attached hydrogens (tertiary/aromatic N) is 4. The fourth-order valence-corrected chi connectivity index (χ4v) is 2.14. The lowest BCUT2D eigenvalue weighted by Crippen LogP contribution is -2.10. The van der Waals surface area contributed by atoms with Gasteiger partial charge in [0.25, 0.3) is 11.2 Å². The number of nitro benzene ring substituents is 1. The molecular weight excluding hydrogens is 304 g/mol. The Morgan fingerprint density at radius 1 is 1.38 bits per heavy atom. The summed E-state index contributed by atoms with van der Waals surface area (Å²) in [5.41, 5.74) is -1.16. The Labute approximate surface area is 119 Å². The first-order valence-electron chi connectivity index (χ1n) is 5.45. The number of halogens is 1. The Balaban J connectivity index is 2.41. The molecule has 2 heterocycles. The van der Waals surface area contributed by atoms with Gasteiger partial charge < -0.3 is 10.1 Å². The van der Waals surface area contributed by atoms with Gasteiger partial charge in [-0.15, -0.1) is 10.2 Å². The van der Waals surface area contributed by atoms with Crippen LogP contribution >= 0.6 is 11.6 Å². The van der Waals surface area contributed by atoms with Crippen LogP contribution in [0.25, 0.3) is 22.3 Å². The summed E-state index contributed by atoms with van der Waals surface area (Å²) >= 11 is 5.76. The number of rotatable bonds is 2. The molecule has 1 aromatic carbocycles. The third-order valence-corrected chi connectivity index (χ3v) is 3.12. The molecule has 0 amide bonds. The van der Waals surface area contributed by atoms with Gasteiger partial charge in [-0.1, -0.05) is 11.6 Å². The van der Waals surface area contributed by atoms with Gasteiger partial charge in [0, 0.05) is 11.5 Å². The van der Waals surface area contributed by atoms with Crippen LogP contribution in [0.5, 0.6) is 5.75 Å². The molecule has 21 heavy (non-hydrogen) atoms. The topological polar surface area (TPSA) is 151 Å². The number of nitro groups is 1. The van der Waals surface area contributed by atoms with E-state index in [9.17, 15) is 20.0 Å². The molecule has 0 aliphatic heterocycles. The number of tetrazole rings is 1. The maximum absolute atomic E-state index is 12.0. The number of fused-ring (bicyclic) bond motifs is 1. The fraction of sp³-hybridized carbons (Fsp3) is 0. The van der Waals surface area contributed by atoms with Gasteiger partial charge in [0.05, 0.1) is 10.4 Å². The van der Waals surface area contributed by atoms with Gasteiger partial charge in [-0.05, 0) is 11.3 Å². The lowest BCUT2D eigenvalue weighted by atomic mass is 10.1. The lowest BCUT2D eigenvalue weighted by Gasteiger charge is -2.05. The Bertz CT molecular complexity index is 919. The lowest BCUT2D eigenvalue weighted by molar-refractivity contribution is -0.384. The summed E-state index contributed by atoms with van der Waals surface area (Å²) in [6.45, 7) is 0. The normalized spacial score (nSPS) is 10.9. The molecule has 3 rings (SSSR count). The van der Waals surface area contributed by atoms with Crippen LogP contribution in [0, 0.1) is 10.1 Å². The Kier molecular flexibility index (Phi) is 2.80. The first-order chi connectivity index (χ1) is 9.99. The second kappa shape index (κ2) is 4.52. The van der Waals surface area contributed by atoms with Crippen molar-refractivity contribution in [3.63, 3.8) is 0 Å². The van der Waals surface area contributed by atoms with E-state index in [4.69, 9.17) is 11.6 Å². The molecule has 11 heteroatoms. The molecule has 3 N–H and O–H groups in total. The zero-order chi connectivity index (χ0) is 15.1. The third-order valence-electron chi connectivity index (χ3n) is 2.82. The van der Waals surface area contributed by atoms with Crippen LogP contribution in [0.1, 0.15) is 0 Å². The summed E-state index contributed by atoms with van der Waals surface area (Å²) in [6, 6.07) is 2.25. The number of aromatic hydroxyl groups is 1. The van der Waals surface area contributed by atoms with E-state index in [1.165, 1.54) is 6.07 Å². The highest BCUT2D eigenvalue weighted by molar-refractivity contribution is 6.33. The summed E-state index contributed by atoms with van der Waals surface area (Å²) in [6.07, 6.45) is 0. The van der Waals surface area contributed by atoms with Crippen LogP contribution < -0.4 is 5.56 Å². The average molecular weight is 309 g/mol. The minimum atomic E-state index is -0.694. The van der Waals surface area contributed by atoms with Crippen LogP contribution in [-0.2, 0) is 0 Å². The molecule has 0 fully saturated rings. The minimum absolute atomic E-state index is 0.0468. The SMILES string of the molecule is O=c1[nH]c2cc(Cl)c([N+](=O)[O-])cc2c(O)c1-c1nn[nH]n1. The molecule has 106 valence electrons. The number of hydrogen-bond donors (Lipinski definition) is 3. The predicted molar refractivity (Wildman–Crippen MR) is 71.1 cm³/mol. The van der Waals surface area contributed by atoms with Crippen molar-refractivity contribution in [2.75, 3.05) is 0 Å². The minimum Gasteiger partial charge on any atom is -0.506 e. The van der Waals surface area contributed by atoms with Gasteiger partial charge in [-0.2, -0.15) is 5.21 Å². The van der Waals surface area contributed by atoms with Gasteiger partial charge >= 0.3 is 0 Å². The Morgan fingerprint density at radius 2 is 2.14 bits per heavy atom. The molecule has 0 unspecified atom stereocenters. The molecule has 0 radical (unpaired) electrons. The highest BCUT2D eigenvalue weighted by Gasteiger charge is 2.21. The van der Waals surface area contributed by atoms with Crippen molar-refractivity contribution in [1.82, 2.24) is 25.6 Å². The van der Waals surface area contributed by atoms with E-state index in [-0.39, 0.29) is 27.3 Å². The first-order valence-corrected chi connectivity index (χ1v) is 5.83. The second-order valence-corrected chi connectivity index (χ2v) is 4.43. The molecule has 0 spiro atoms. The highest BCUT2D eigenvalue weighted by atomic mass is 35.5. The number of benzene rings is 1. The van der Waals surface area contributed by atoms with Crippen molar-refractivity contribution in [3.8, 4) is 17.1 Å². The molecule has 0 atom stereocenters. The van der Waals surface area contributed by atoms with E-state index in [2.05, 4.69) is 25.6 Å². The van der Waals surface area contributed by atoms with Crippen molar-refractivity contribution in [1.29, 1.82) is 0 Å². The van der Waals surface area contributed by atoms with Gasteiger partial charge in [-0.3, -0.25) is 14.9 Å². The van der Waals surface area contributed by atoms with Crippen LogP contribution in [0.4, 0.5) is 5.69 Å². The van der Waals surface area contributed by atoms with Crippen molar-refractivity contribution in [2.45, 2.75) is 0 Å². The quantitative estimate of drug-likeness (QED) is 0.471. The third kappa shape index (κ3) is 1.97. The van der Waals surface area contributed by atoms with E-state index in [0.29, 0.717) is 0 Å². The average Bonchev–Trinajstić information content (AvgIpc) is 2.91. The van der Waals surface area contributed by atoms with Crippen molar-refractivity contribution >= 4 is 28.2 Å². The molecule has 3 aromatic rings. The second-order valence-electron chi connectivity index (χ2n) is 4.02. The predicted octanol–water partition coefficient (Wildman–Crippen LogP) is 0.975. The zero-order valence-electron chi connectivity index (χ0n) is 9.99. The standard InChI is InChI=1S/C10H5ClN6O4/c11-4-2-5-3(1-6(4)17(20)21)8(18)7(10(19)12-5)9-13-15-16-14-9/h1-2H,(H2,12,18,19)(H,13,14,15,16). The molecule has 0 saturated carbocycles. The van der Waals surface area contributed by atoms with Crippen LogP contribution in [-0.4, -0.2) is 35.6 Å². The van der Waals surface area contributed by atoms with E-state index >= 15 is 0 Å². The summed E-state index contributed by atoms with van der Waals surface area (Å²) in [7, 11) is 0. The maximum Gasteiger partial charge on any atom is 0.288 e.